The first kappa shape index (κ1) is 8.87. The minimum atomic E-state index is -0.732. The highest BCUT2D eigenvalue weighted by atomic mass is 32.2. The summed E-state index contributed by atoms with van der Waals surface area (Å²) in [5.74, 6) is 1.53. The second-order valence-corrected chi connectivity index (χ2v) is 3.98. The van der Waals surface area contributed by atoms with Crippen molar-refractivity contribution in [1.29, 1.82) is 0 Å². The highest BCUT2D eigenvalue weighted by Crippen LogP contribution is 2.20. The second-order valence-electron chi connectivity index (χ2n) is 2.83. The fourth-order valence-corrected chi connectivity index (χ4v) is 2.51. The van der Waals surface area contributed by atoms with E-state index in [9.17, 15) is 4.79 Å². The zero-order valence-corrected chi connectivity index (χ0v) is 7.43. The van der Waals surface area contributed by atoms with E-state index in [-0.39, 0.29) is 6.54 Å². The van der Waals surface area contributed by atoms with Gasteiger partial charge in [0.05, 0.1) is 6.54 Å². The summed E-state index contributed by atoms with van der Waals surface area (Å²) in [7, 11) is 1.88. The summed E-state index contributed by atoms with van der Waals surface area (Å²) in [6, 6.07) is 0.482. The average molecular weight is 175 g/mol. The third-order valence-corrected chi connectivity index (χ3v) is 3.06. The van der Waals surface area contributed by atoms with Gasteiger partial charge in [0, 0.05) is 11.8 Å². The third kappa shape index (κ3) is 2.71. The molecule has 1 heterocycles. The molecule has 1 aliphatic rings. The van der Waals surface area contributed by atoms with Crippen LogP contribution in [0.3, 0.4) is 0 Å². The number of aliphatic carboxylic acids is 1. The maximum absolute atomic E-state index is 10.3. The van der Waals surface area contributed by atoms with E-state index in [4.69, 9.17) is 5.11 Å². The summed E-state index contributed by atoms with van der Waals surface area (Å²) < 4.78 is 0. The Labute approximate surface area is 70.8 Å². The van der Waals surface area contributed by atoms with Gasteiger partial charge in [-0.25, -0.2) is 0 Å². The largest absolute Gasteiger partial charge is 0.480 e. The molecule has 4 heteroatoms. The minimum Gasteiger partial charge on any atom is -0.480 e. The van der Waals surface area contributed by atoms with Crippen LogP contribution in [0.25, 0.3) is 0 Å². The lowest BCUT2D eigenvalue weighted by Gasteiger charge is -2.20. The highest BCUT2D eigenvalue weighted by Gasteiger charge is 2.20. The number of hydrogen-bond donors (Lipinski definition) is 1. The number of nitrogens with zero attached hydrogens (tertiary/aromatic N) is 1. The lowest BCUT2D eigenvalue weighted by molar-refractivity contribution is -0.138. The standard InChI is InChI=1S/C7H13NO2S/c1-8(4-7(9)10)6-2-3-11-5-6/h6H,2-5H2,1H3,(H,9,10). The molecule has 1 aliphatic heterocycles. The van der Waals surface area contributed by atoms with Gasteiger partial charge in [-0.2, -0.15) is 11.8 Å². The average Bonchev–Trinajstić information content (AvgIpc) is 2.35. The molecule has 1 unspecified atom stereocenters. The first-order chi connectivity index (χ1) is 5.20. The summed E-state index contributed by atoms with van der Waals surface area (Å²) in [5.41, 5.74) is 0. The van der Waals surface area contributed by atoms with Crippen molar-refractivity contribution in [3.05, 3.63) is 0 Å². The van der Waals surface area contributed by atoms with Crippen LogP contribution in [0.2, 0.25) is 0 Å². The van der Waals surface area contributed by atoms with Crippen LogP contribution in [0.5, 0.6) is 0 Å². The maximum atomic E-state index is 10.3. The molecule has 0 aromatic carbocycles. The van der Waals surface area contributed by atoms with Gasteiger partial charge in [-0.1, -0.05) is 0 Å². The molecule has 0 spiro atoms. The van der Waals surface area contributed by atoms with Crippen LogP contribution in [-0.4, -0.2) is 47.1 Å². The van der Waals surface area contributed by atoms with E-state index >= 15 is 0 Å². The lowest BCUT2D eigenvalue weighted by Crippen LogP contribution is -2.35. The SMILES string of the molecule is CN(CC(=O)O)C1CCSC1. The van der Waals surface area contributed by atoms with Gasteiger partial charge < -0.3 is 5.11 Å². The van der Waals surface area contributed by atoms with E-state index in [1.165, 1.54) is 5.75 Å². The summed E-state index contributed by atoms with van der Waals surface area (Å²) >= 11 is 1.90. The molecule has 11 heavy (non-hydrogen) atoms. The Morgan fingerprint density at radius 3 is 3.00 bits per heavy atom. The van der Waals surface area contributed by atoms with Gasteiger partial charge in [0.2, 0.25) is 0 Å². The van der Waals surface area contributed by atoms with Crippen LogP contribution in [0.4, 0.5) is 0 Å². The molecule has 1 fully saturated rings. The predicted molar refractivity (Wildman–Crippen MR) is 46.0 cm³/mol. The van der Waals surface area contributed by atoms with Crippen molar-refractivity contribution in [2.45, 2.75) is 12.5 Å². The number of hydrogen-bond acceptors (Lipinski definition) is 3. The van der Waals surface area contributed by atoms with Gasteiger partial charge in [-0.3, -0.25) is 9.69 Å². The number of rotatable bonds is 3. The summed E-state index contributed by atoms with van der Waals surface area (Å²) in [5, 5.41) is 8.50. The van der Waals surface area contributed by atoms with Gasteiger partial charge >= 0.3 is 5.97 Å². The van der Waals surface area contributed by atoms with Crippen LogP contribution < -0.4 is 0 Å². The molecule has 0 amide bonds. The normalized spacial score (nSPS) is 24.4. The topological polar surface area (TPSA) is 40.5 Å². The molecule has 0 aromatic rings. The number of likely N-dealkylation sites (N-methyl/N-ethyl adjacent to an activating group) is 1. The van der Waals surface area contributed by atoms with Crippen molar-refractivity contribution in [3.8, 4) is 0 Å². The maximum Gasteiger partial charge on any atom is 0.317 e. The summed E-state index contributed by atoms with van der Waals surface area (Å²) in [4.78, 5) is 12.2. The van der Waals surface area contributed by atoms with Crippen molar-refractivity contribution in [2.75, 3.05) is 25.1 Å². The Balaban J connectivity index is 2.28. The van der Waals surface area contributed by atoms with E-state index in [1.807, 2.05) is 23.7 Å². The van der Waals surface area contributed by atoms with Crippen molar-refractivity contribution in [1.82, 2.24) is 4.90 Å². The Morgan fingerprint density at radius 1 is 1.82 bits per heavy atom. The quantitative estimate of drug-likeness (QED) is 0.678. The van der Waals surface area contributed by atoms with E-state index in [2.05, 4.69) is 0 Å². The van der Waals surface area contributed by atoms with Crippen molar-refractivity contribution >= 4 is 17.7 Å². The minimum absolute atomic E-state index is 0.172. The van der Waals surface area contributed by atoms with Crippen LogP contribution in [0, 0.1) is 0 Å². The number of thioether (sulfide) groups is 1. The van der Waals surface area contributed by atoms with Crippen molar-refractivity contribution < 1.29 is 9.90 Å². The molecule has 1 atom stereocenters. The fourth-order valence-electron chi connectivity index (χ4n) is 1.21. The van der Waals surface area contributed by atoms with Crippen molar-refractivity contribution in [2.24, 2.45) is 0 Å². The van der Waals surface area contributed by atoms with E-state index < -0.39 is 5.97 Å². The summed E-state index contributed by atoms with van der Waals surface area (Å²) in [6.07, 6.45) is 1.13. The van der Waals surface area contributed by atoms with Crippen molar-refractivity contribution in [3.63, 3.8) is 0 Å². The van der Waals surface area contributed by atoms with Gasteiger partial charge in [0.1, 0.15) is 0 Å². The summed E-state index contributed by atoms with van der Waals surface area (Å²) in [6.45, 7) is 0.172. The van der Waals surface area contributed by atoms with E-state index in [0.29, 0.717) is 6.04 Å². The molecule has 1 saturated heterocycles. The smallest absolute Gasteiger partial charge is 0.317 e. The second kappa shape index (κ2) is 3.97. The first-order valence-electron chi connectivity index (χ1n) is 3.70. The molecular formula is C7H13NO2S. The molecule has 0 bridgehead atoms. The van der Waals surface area contributed by atoms with Crippen LogP contribution in [0.1, 0.15) is 6.42 Å². The third-order valence-electron chi connectivity index (χ3n) is 1.91. The Hall–Kier alpha value is -0.220. The molecule has 0 radical (unpaired) electrons. The van der Waals surface area contributed by atoms with Crippen LogP contribution in [-0.2, 0) is 4.79 Å². The molecule has 64 valence electrons. The van der Waals surface area contributed by atoms with Gasteiger partial charge in [0.25, 0.3) is 0 Å². The molecule has 1 rings (SSSR count). The zero-order valence-electron chi connectivity index (χ0n) is 6.62. The van der Waals surface area contributed by atoms with E-state index in [0.717, 1.165) is 12.2 Å². The Kier molecular flexibility index (Phi) is 3.20. The lowest BCUT2D eigenvalue weighted by atomic mass is 10.2. The van der Waals surface area contributed by atoms with E-state index in [1.54, 1.807) is 0 Å². The molecule has 0 aliphatic carbocycles. The van der Waals surface area contributed by atoms with Crippen LogP contribution in [0.15, 0.2) is 0 Å². The molecule has 0 aromatic heterocycles. The fraction of sp³-hybridized carbons (Fsp3) is 0.857. The molecular weight excluding hydrogens is 162 g/mol. The highest BCUT2D eigenvalue weighted by molar-refractivity contribution is 7.99. The number of carbonyl (C=O) groups is 1. The van der Waals surface area contributed by atoms with Gasteiger partial charge in [0.15, 0.2) is 0 Å². The molecule has 3 nitrogen and oxygen atoms in total. The van der Waals surface area contributed by atoms with Gasteiger partial charge in [-0.05, 0) is 19.2 Å². The number of carboxylic acids is 1. The first-order valence-corrected chi connectivity index (χ1v) is 4.85. The monoisotopic (exact) mass is 175 g/mol. The molecule has 0 saturated carbocycles. The Morgan fingerprint density at radius 2 is 2.55 bits per heavy atom. The zero-order chi connectivity index (χ0) is 8.27. The predicted octanol–water partition coefficient (Wildman–Crippen LogP) is 0.508. The van der Waals surface area contributed by atoms with Crippen LogP contribution >= 0.6 is 11.8 Å². The molecule has 1 N–H and O–H groups in total. The van der Waals surface area contributed by atoms with Gasteiger partial charge in [-0.15, -0.1) is 0 Å². The number of carboxylic acid groups (broad SMARTS) is 1. The Bertz CT molecular complexity index is 145.